The van der Waals surface area contributed by atoms with Gasteiger partial charge in [-0.1, -0.05) is 6.92 Å². The fraction of sp³-hybridized carbons (Fsp3) is 0.294. The van der Waals surface area contributed by atoms with E-state index in [2.05, 4.69) is 17.1 Å². The first-order valence-electron chi connectivity index (χ1n) is 7.88. The molecule has 0 spiro atoms. The minimum absolute atomic E-state index is 0.443. The number of benzene rings is 1. The normalized spacial score (nSPS) is 13.5. The van der Waals surface area contributed by atoms with Gasteiger partial charge < -0.3 is 19.2 Å². The van der Waals surface area contributed by atoms with Crippen molar-refractivity contribution in [2.75, 3.05) is 13.7 Å². The lowest BCUT2D eigenvalue weighted by Gasteiger charge is -2.12. The van der Waals surface area contributed by atoms with Gasteiger partial charge in [0.15, 0.2) is 11.5 Å². The van der Waals surface area contributed by atoms with Crippen molar-refractivity contribution in [2.45, 2.75) is 19.7 Å². The van der Waals surface area contributed by atoms with Gasteiger partial charge in [0, 0.05) is 17.4 Å². The summed E-state index contributed by atoms with van der Waals surface area (Å²) in [6.07, 6.45) is 4.59. The van der Waals surface area contributed by atoms with Crippen molar-refractivity contribution in [3.05, 3.63) is 42.3 Å². The zero-order chi connectivity index (χ0) is 16.9. The zero-order valence-corrected chi connectivity index (χ0v) is 13.7. The molecule has 0 saturated heterocycles. The second-order valence-corrected chi connectivity index (χ2v) is 5.48. The van der Waals surface area contributed by atoms with E-state index in [0.29, 0.717) is 24.4 Å². The van der Waals surface area contributed by atoms with Crippen LogP contribution in [0.4, 0.5) is 0 Å². The van der Waals surface area contributed by atoms with Gasteiger partial charge in [-0.15, -0.1) is 0 Å². The predicted octanol–water partition coefficient (Wildman–Crippen LogP) is 2.79. The Labute approximate surface area is 141 Å². The molecule has 0 amide bonds. The van der Waals surface area contributed by atoms with E-state index in [1.54, 1.807) is 19.6 Å². The summed E-state index contributed by atoms with van der Waals surface area (Å²) in [6.45, 7) is 2.67. The number of hydrogen-bond donors (Lipinski definition) is 1. The highest BCUT2D eigenvalue weighted by molar-refractivity contribution is 6.47. The molecule has 1 aromatic carbocycles. The SMILES string of the molecule is CCCOc1cc(-c2cc(C3=COB(O)C3)cnn2)ccc1OC. The first-order valence-corrected chi connectivity index (χ1v) is 7.88. The minimum Gasteiger partial charge on any atom is -0.542 e. The summed E-state index contributed by atoms with van der Waals surface area (Å²) < 4.78 is 16.1. The fourth-order valence-corrected chi connectivity index (χ4v) is 2.48. The highest BCUT2D eigenvalue weighted by Crippen LogP contribution is 2.33. The molecule has 0 atom stereocenters. The van der Waals surface area contributed by atoms with Gasteiger partial charge in [-0.3, -0.25) is 0 Å². The van der Waals surface area contributed by atoms with E-state index in [1.165, 1.54) is 0 Å². The van der Waals surface area contributed by atoms with Crippen LogP contribution in [0.25, 0.3) is 16.8 Å². The van der Waals surface area contributed by atoms with Gasteiger partial charge in [0.25, 0.3) is 0 Å². The van der Waals surface area contributed by atoms with E-state index < -0.39 is 7.12 Å². The van der Waals surface area contributed by atoms with Crippen LogP contribution >= 0.6 is 0 Å². The number of ether oxygens (including phenoxy) is 2. The van der Waals surface area contributed by atoms with Crippen molar-refractivity contribution in [1.82, 2.24) is 10.2 Å². The number of allylic oxidation sites excluding steroid dienone is 1. The second-order valence-electron chi connectivity index (χ2n) is 5.48. The minimum atomic E-state index is -0.786. The van der Waals surface area contributed by atoms with Crippen molar-refractivity contribution in [2.24, 2.45) is 0 Å². The molecular formula is C17H19BN2O4. The number of methoxy groups -OCH3 is 1. The number of nitrogens with zero attached hydrogens (tertiary/aromatic N) is 2. The van der Waals surface area contributed by atoms with Crippen LogP contribution in [-0.2, 0) is 4.65 Å². The zero-order valence-electron chi connectivity index (χ0n) is 13.7. The molecule has 124 valence electrons. The maximum absolute atomic E-state index is 9.48. The average molecular weight is 326 g/mol. The smallest absolute Gasteiger partial charge is 0.526 e. The molecule has 1 aliphatic rings. The summed E-state index contributed by atoms with van der Waals surface area (Å²) in [4.78, 5) is 0. The largest absolute Gasteiger partial charge is 0.542 e. The van der Waals surface area contributed by atoms with Crippen LogP contribution in [0.1, 0.15) is 18.9 Å². The third-order valence-corrected chi connectivity index (χ3v) is 3.71. The standard InChI is InChI=1S/C17H19BN2O4/c1-3-6-23-17-8-12(4-5-16(17)22-2)15-7-13(10-19-20-15)14-9-18(21)24-11-14/h4-5,7-8,10-11,21H,3,6,9H2,1-2H3. The number of hydrogen-bond acceptors (Lipinski definition) is 6. The van der Waals surface area contributed by atoms with Crippen LogP contribution < -0.4 is 9.47 Å². The Morgan fingerprint density at radius 2 is 2.12 bits per heavy atom. The fourth-order valence-electron chi connectivity index (χ4n) is 2.48. The van der Waals surface area contributed by atoms with Crippen LogP contribution in [0.15, 0.2) is 36.7 Å². The van der Waals surface area contributed by atoms with E-state index >= 15 is 0 Å². The first-order chi connectivity index (χ1) is 11.7. The molecule has 0 unspecified atom stereocenters. The van der Waals surface area contributed by atoms with Crippen molar-refractivity contribution in [3.63, 3.8) is 0 Å². The molecule has 1 aliphatic heterocycles. The number of rotatable bonds is 6. The van der Waals surface area contributed by atoms with E-state index in [9.17, 15) is 5.02 Å². The lowest BCUT2D eigenvalue weighted by molar-refractivity contribution is 0.294. The molecule has 0 bridgehead atoms. The average Bonchev–Trinajstić information content (AvgIpc) is 3.06. The van der Waals surface area contributed by atoms with Gasteiger partial charge in [0.1, 0.15) is 0 Å². The van der Waals surface area contributed by atoms with Crippen molar-refractivity contribution >= 4 is 12.7 Å². The van der Waals surface area contributed by atoms with Gasteiger partial charge in [-0.2, -0.15) is 10.2 Å². The van der Waals surface area contributed by atoms with Gasteiger partial charge in [-0.05, 0) is 36.3 Å². The van der Waals surface area contributed by atoms with Crippen LogP contribution in [0.5, 0.6) is 11.5 Å². The highest BCUT2D eigenvalue weighted by Gasteiger charge is 2.24. The Morgan fingerprint density at radius 3 is 2.83 bits per heavy atom. The van der Waals surface area contributed by atoms with E-state index in [4.69, 9.17) is 14.1 Å². The Kier molecular flexibility index (Phi) is 5.00. The summed E-state index contributed by atoms with van der Waals surface area (Å²) in [7, 11) is 0.832. The molecule has 0 fully saturated rings. The summed E-state index contributed by atoms with van der Waals surface area (Å²) in [5, 5.41) is 17.7. The van der Waals surface area contributed by atoms with Crippen LogP contribution in [0.2, 0.25) is 6.32 Å². The van der Waals surface area contributed by atoms with E-state index in [-0.39, 0.29) is 0 Å². The molecule has 24 heavy (non-hydrogen) atoms. The molecule has 1 N–H and O–H groups in total. The van der Waals surface area contributed by atoms with Gasteiger partial charge in [-0.25, -0.2) is 0 Å². The van der Waals surface area contributed by atoms with E-state index in [1.807, 2.05) is 24.3 Å². The van der Waals surface area contributed by atoms with Gasteiger partial charge in [0.2, 0.25) is 0 Å². The quantitative estimate of drug-likeness (QED) is 0.823. The molecule has 7 heteroatoms. The third kappa shape index (κ3) is 3.51. The predicted molar refractivity (Wildman–Crippen MR) is 91.6 cm³/mol. The Hall–Kier alpha value is -2.54. The molecule has 3 rings (SSSR count). The van der Waals surface area contributed by atoms with Crippen LogP contribution in [-0.4, -0.2) is 36.1 Å². The third-order valence-electron chi connectivity index (χ3n) is 3.71. The second kappa shape index (κ2) is 7.36. The monoisotopic (exact) mass is 326 g/mol. The molecular weight excluding hydrogens is 307 g/mol. The van der Waals surface area contributed by atoms with Crippen molar-refractivity contribution in [1.29, 1.82) is 0 Å². The summed E-state index contributed by atoms with van der Waals surface area (Å²) >= 11 is 0. The lowest BCUT2D eigenvalue weighted by Crippen LogP contribution is -2.08. The molecule has 0 saturated carbocycles. The Bertz CT molecular complexity index is 751. The lowest BCUT2D eigenvalue weighted by atomic mass is 9.82. The molecule has 0 aliphatic carbocycles. The summed E-state index contributed by atoms with van der Waals surface area (Å²) in [5.74, 6) is 1.37. The molecule has 2 heterocycles. The van der Waals surface area contributed by atoms with E-state index in [0.717, 1.165) is 28.8 Å². The Balaban J connectivity index is 1.91. The highest BCUT2D eigenvalue weighted by atomic mass is 16.5. The summed E-state index contributed by atoms with van der Waals surface area (Å²) in [5.41, 5.74) is 3.38. The topological polar surface area (TPSA) is 73.7 Å². The van der Waals surface area contributed by atoms with Crippen molar-refractivity contribution < 1.29 is 19.2 Å². The molecule has 0 radical (unpaired) electrons. The van der Waals surface area contributed by atoms with Gasteiger partial charge in [0.05, 0.1) is 31.9 Å². The van der Waals surface area contributed by atoms with Crippen molar-refractivity contribution in [3.8, 4) is 22.8 Å². The first kappa shape index (κ1) is 16.3. The molecule has 1 aromatic heterocycles. The molecule has 6 nitrogen and oxygen atoms in total. The van der Waals surface area contributed by atoms with Gasteiger partial charge >= 0.3 is 7.12 Å². The maximum atomic E-state index is 9.48. The maximum Gasteiger partial charge on any atom is 0.526 e. The number of aromatic nitrogens is 2. The summed E-state index contributed by atoms with van der Waals surface area (Å²) in [6, 6.07) is 7.60. The Morgan fingerprint density at radius 1 is 1.25 bits per heavy atom. The van der Waals surface area contributed by atoms with Crippen LogP contribution in [0, 0.1) is 0 Å². The van der Waals surface area contributed by atoms with Crippen LogP contribution in [0.3, 0.4) is 0 Å². The molecule has 2 aromatic rings.